The maximum absolute atomic E-state index is 6.19. The first kappa shape index (κ1) is 17.3. The second kappa shape index (κ2) is 12.0. The highest BCUT2D eigenvalue weighted by Gasteiger charge is 2.13. The molecule has 1 unspecified atom stereocenters. The van der Waals surface area contributed by atoms with Crippen molar-refractivity contribution in [2.45, 2.75) is 71.3 Å². The van der Waals surface area contributed by atoms with Crippen LogP contribution in [0.2, 0.25) is 0 Å². The zero-order valence-corrected chi connectivity index (χ0v) is 13.8. The van der Waals surface area contributed by atoms with Crippen LogP contribution in [-0.2, 0) is 4.74 Å². The van der Waals surface area contributed by atoms with Crippen LogP contribution in [0.1, 0.15) is 65.2 Å². The minimum atomic E-state index is 0.472. The van der Waals surface area contributed by atoms with Gasteiger partial charge in [0, 0.05) is 18.8 Å². The largest absolute Gasteiger partial charge is 0.362 e. The third-order valence-electron chi connectivity index (χ3n) is 3.83. The number of unbranched alkanes of at least 4 members (excludes halogenated alkanes) is 2. The van der Waals surface area contributed by atoms with E-state index in [9.17, 15) is 0 Å². The summed E-state index contributed by atoms with van der Waals surface area (Å²) in [6.07, 6.45) is 11.2. The molecule has 0 aliphatic carbocycles. The topological polar surface area (TPSA) is 12.5 Å². The third-order valence-corrected chi connectivity index (χ3v) is 4.84. The second-order valence-corrected chi connectivity index (χ2v) is 6.92. The Morgan fingerprint density at radius 3 is 2.42 bits per heavy atom. The molecule has 0 aromatic heterocycles. The number of thioether (sulfide) groups is 1. The quantitative estimate of drug-likeness (QED) is 0.547. The molecule has 0 amide bonds. The van der Waals surface area contributed by atoms with Gasteiger partial charge in [-0.25, -0.2) is 0 Å². The molecule has 3 heteroatoms. The van der Waals surface area contributed by atoms with Gasteiger partial charge in [0.05, 0.1) is 12.8 Å². The molecule has 1 rings (SSSR count). The summed E-state index contributed by atoms with van der Waals surface area (Å²) in [6.45, 7) is 7.85. The van der Waals surface area contributed by atoms with E-state index >= 15 is 0 Å². The molecule has 0 N–H and O–H groups in total. The molecule has 19 heavy (non-hydrogen) atoms. The van der Waals surface area contributed by atoms with Crippen LogP contribution in [-0.4, -0.2) is 42.3 Å². The average molecular weight is 288 g/mol. The molecule has 0 aromatic carbocycles. The summed E-state index contributed by atoms with van der Waals surface area (Å²) in [5.74, 6) is 2.38. The van der Waals surface area contributed by atoms with Gasteiger partial charge in [-0.3, -0.25) is 4.90 Å². The van der Waals surface area contributed by atoms with Crippen molar-refractivity contribution in [1.29, 1.82) is 0 Å². The average Bonchev–Trinajstić information content (AvgIpc) is 2.70. The molecule has 2 nitrogen and oxygen atoms in total. The highest BCUT2D eigenvalue weighted by molar-refractivity contribution is 7.99. The van der Waals surface area contributed by atoms with Crippen LogP contribution >= 0.6 is 11.8 Å². The summed E-state index contributed by atoms with van der Waals surface area (Å²) < 4.78 is 6.19. The lowest BCUT2D eigenvalue weighted by atomic mass is 10.1. The summed E-state index contributed by atoms with van der Waals surface area (Å²) in [5, 5.41) is 0. The van der Waals surface area contributed by atoms with Gasteiger partial charge < -0.3 is 4.74 Å². The second-order valence-electron chi connectivity index (χ2n) is 5.61. The normalized spacial score (nSPS) is 19.3. The molecule has 1 saturated heterocycles. The van der Waals surface area contributed by atoms with Gasteiger partial charge in [-0.2, -0.15) is 11.8 Å². The molecule has 1 atom stereocenters. The van der Waals surface area contributed by atoms with Crippen molar-refractivity contribution >= 4 is 11.8 Å². The fourth-order valence-electron chi connectivity index (χ4n) is 2.56. The van der Waals surface area contributed by atoms with Gasteiger partial charge in [-0.1, -0.05) is 46.0 Å². The number of likely N-dealkylation sites (tertiary alicyclic amines) is 1. The molecule has 1 fully saturated rings. The molecular formula is C16H33NOS. The van der Waals surface area contributed by atoms with Crippen LogP contribution < -0.4 is 0 Å². The molecular weight excluding hydrogens is 254 g/mol. The number of hydrogen-bond acceptors (Lipinski definition) is 3. The Labute approximate surface area is 124 Å². The van der Waals surface area contributed by atoms with Crippen LogP contribution in [0.4, 0.5) is 0 Å². The SMILES string of the molecule is CCCCCC(CSCC)OCN1CCCCCC1. The van der Waals surface area contributed by atoms with Crippen LogP contribution in [0.15, 0.2) is 0 Å². The molecule has 1 aliphatic heterocycles. The van der Waals surface area contributed by atoms with Crippen molar-refractivity contribution in [3.63, 3.8) is 0 Å². The zero-order valence-electron chi connectivity index (χ0n) is 13.0. The van der Waals surface area contributed by atoms with E-state index in [4.69, 9.17) is 4.74 Å². The Bertz CT molecular complexity index is 193. The van der Waals surface area contributed by atoms with E-state index in [1.54, 1.807) is 0 Å². The van der Waals surface area contributed by atoms with Crippen molar-refractivity contribution in [3.8, 4) is 0 Å². The third kappa shape index (κ3) is 8.93. The van der Waals surface area contributed by atoms with E-state index in [-0.39, 0.29) is 0 Å². The Kier molecular flexibility index (Phi) is 11.0. The summed E-state index contributed by atoms with van der Waals surface area (Å²) in [6, 6.07) is 0. The van der Waals surface area contributed by atoms with Gasteiger partial charge in [0.1, 0.15) is 0 Å². The van der Waals surface area contributed by atoms with Crippen LogP contribution in [0, 0.1) is 0 Å². The number of hydrogen-bond donors (Lipinski definition) is 0. The predicted octanol–water partition coefficient (Wildman–Crippen LogP) is 4.54. The fourth-order valence-corrected chi connectivity index (χ4v) is 3.32. The molecule has 1 aliphatic rings. The van der Waals surface area contributed by atoms with Crippen LogP contribution in [0.25, 0.3) is 0 Å². The van der Waals surface area contributed by atoms with E-state index in [1.165, 1.54) is 76.0 Å². The monoisotopic (exact) mass is 287 g/mol. The van der Waals surface area contributed by atoms with Gasteiger partial charge in [-0.05, 0) is 25.0 Å². The molecule has 0 radical (unpaired) electrons. The molecule has 0 spiro atoms. The highest BCUT2D eigenvalue weighted by Crippen LogP contribution is 2.15. The smallest absolute Gasteiger partial charge is 0.0994 e. The standard InChI is InChI=1S/C16H33NOS/c1-3-5-8-11-16(14-19-4-2)18-15-17-12-9-6-7-10-13-17/h16H,3-15H2,1-2H3. The minimum absolute atomic E-state index is 0.472. The summed E-state index contributed by atoms with van der Waals surface area (Å²) in [5.41, 5.74) is 0. The van der Waals surface area contributed by atoms with Crippen LogP contribution in [0.3, 0.4) is 0 Å². The van der Waals surface area contributed by atoms with Crippen LogP contribution in [0.5, 0.6) is 0 Å². The molecule has 0 bridgehead atoms. The molecule has 114 valence electrons. The van der Waals surface area contributed by atoms with E-state index in [2.05, 4.69) is 18.7 Å². The summed E-state index contributed by atoms with van der Waals surface area (Å²) >= 11 is 2.02. The van der Waals surface area contributed by atoms with Gasteiger partial charge in [-0.15, -0.1) is 0 Å². The van der Waals surface area contributed by atoms with Crippen molar-refractivity contribution in [3.05, 3.63) is 0 Å². The predicted molar refractivity (Wildman–Crippen MR) is 86.9 cm³/mol. The minimum Gasteiger partial charge on any atom is -0.362 e. The maximum atomic E-state index is 6.19. The van der Waals surface area contributed by atoms with Gasteiger partial charge in [0.2, 0.25) is 0 Å². The van der Waals surface area contributed by atoms with Gasteiger partial charge >= 0.3 is 0 Å². The first-order chi connectivity index (χ1) is 9.36. The molecule has 0 aromatic rings. The van der Waals surface area contributed by atoms with E-state index in [0.29, 0.717) is 6.10 Å². The number of nitrogens with zero attached hydrogens (tertiary/aromatic N) is 1. The lowest BCUT2D eigenvalue weighted by Crippen LogP contribution is -2.31. The van der Waals surface area contributed by atoms with Crippen molar-refractivity contribution in [2.75, 3.05) is 31.3 Å². The van der Waals surface area contributed by atoms with Gasteiger partial charge in [0.25, 0.3) is 0 Å². The van der Waals surface area contributed by atoms with E-state index in [0.717, 1.165) is 6.73 Å². The summed E-state index contributed by atoms with van der Waals surface area (Å²) in [7, 11) is 0. The first-order valence-corrected chi connectivity index (χ1v) is 9.44. The Morgan fingerprint density at radius 2 is 1.79 bits per heavy atom. The van der Waals surface area contributed by atoms with Gasteiger partial charge in [0.15, 0.2) is 0 Å². The fraction of sp³-hybridized carbons (Fsp3) is 1.00. The summed E-state index contributed by atoms with van der Waals surface area (Å²) in [4.78, 5) is 2.51. The maximum Gasteiger partial charge on any atom is 0.0994 e. The van der Waals surface area contributed by atoms with Crippen molar-refractivity contribution < 1.29 is 4.74 Å². The van der Waals surface area contributed by atoms with Crippen molar-refractivity contribution in [1.82, 2.24) is 4.90 Å². The van der Waals surface area contributed by atoms with Crippen molar-refractivity contribution in [2.24, 2.45) is 0 Å². The number of rotatable bonds is 10. The molecule has 0 saturated carbocycles. The Hall–Kier alpha value is 0.270. The lowest BCUT2D eigenvalue weighted by Gasteiger charge is -2.24. The van der Waals surface area contributed by atoms with E-state index in [1.807, 2.05) is 11.8 Å². The molecule has 1 heterocycles. The Balaban J connectivity index is 2.20. The highest BCUT2D eigenvalue weighted by atomic mass is 32.2. The Morgan fingerprint density at radius 1 is 1.05 bits per heavy atom. The number of ether oxygens (including phenoxy) is 1. The zero-order chi connectivity index (χ0) is 13.8. The lowest BCUT2D eigenvalue weighted by molar-refractivity contribution is -0.0151. The first-order valence-electron chi connectivity index (χ1n) is 8.28. The van der Waals surface area contributed by atoms with E-state index < -0.39 is 0 Å².